The molecule has 0 aliphatic rings. The smallest absolute Gasteiger partial charge is 0.206 e. The van der Waals surface area contributed by atoms with Crippen LogP contribution in [0.5, 0.6) is 0 Å². The number of nitrogens with one attached hydrogen (secondary N) is 3. The van der Waals surface area contributed by atoms with Gasteiger partial charge in [-0.25, -0.2) is 0 Å². The molecule has 0 amide bonds. The molecule has 0 aliphatic heterocycles. The summed E-state index contributed by atoms with van der Waals surface area (Å²) in [4.78, 5) is 0. The average molecular weight is 413 g/mol. The molecule has 0 saturated heterocycles. The molecular weight excluding hydrogens is 392 g/mol. The molecule has 4 aromatic rings. The van der Waals surface area contributed by atoms with Crippen LogP contribution >= 0.6 is 22.9 Å². The summed E-state index contributed by atoms with van der Waals surface area (Å²) in [7, 11) is 1.97. The number of aryl methyl sites for hydroxylation is 1. The van der Waals surface area contributed by atoms with Crippen molar-refractivity contribution < 1.29 is 0 Å². The zero-order chi connectivity index (χ0) is 19.5. The maximum absolute atomic E-state index is 5.96. The summed E-state index contributed by atoms with van der Waals surface area (Å²) in [6.45, 7) is 2.78. The van der Waals surface area contributed by atoms with E-state index in [-0.39, 0.29) is 6.04 Å². The Morgan fingerprint density at radius 1 is 1.14 bits per heavy atom. The number of halogens is 1. The fraction of sp³-hybridized carbons (Fsp3) is 0.250. The number of aromatic nitrogens is 4. The number of hydrogen-bond donors (Lipinski definition) is 3. The normalized spacial score (nSPS) is 12.4. The molecule has 0 saturated carbocycles. The van der Waals surface area contributed by atoms with Crippen molar-refractivity contribution in [1.82, 2.24) is 25.7 Å². The molecule has 0 fully saturated rings. The third-order valence-corrected chi connectivity index (χ3v) is 5.90. The van der Waals surface area contributed by atoms with Crippen molar-refractivity contribution in [3.05, 3.63) is 58.7 Å². The van der Waals surface area contributed by atoms with Gasteiger partial charge in [-0.1, -0.05) is 35.1 Å². The van der Waals surface area contributed by atoms with Crippen LogP contribution in [0.3, 0.4) is 0 Å². The predicted molar refractivity (Wildman–Crippen MR) is 116 cm³/mol. The number of aromatic amines is 1. The third kappa shape index (κ3) is 4.16. The van der Waals surface area contributed by atoms with Crippen LogP contribution in [0.1, 0.15) is 11.3 Å². The number of H-pyrrole nitrogens is 1. The second-order valence-corrected chi connectivity index (χ2v) is 8.10. The highest BCUT2D eigenvalue weighted by Gasteiger charge is 2.12. The molecule has 28 heavy (non-hydrogen) atoms. The fourth-order valence-corrected chi connectivity index (χ4v) is 3.95. The van der Waals surface area contributed by atoms with Gasteiger partial charge in [0.2, 0.25) is 5.13 Å². The first-order chi connectivity index (χ1) is 13.6. The monoisotopic (exact) mass is 412 g/mol. The Labute approximate surface area is 172 Å². The number of fused-ring (bicyclic) bond motifs is 1. The number of benzene rings is 2. The van der Waals surface area contributed by atoms with E-state index in [1.165, 1.54) is 5.56 Å². The first kappa shape index (κ1) is 18.9. The summed E-state index contributed by atoms with van der Waals surface area (Å²) in [5.74, 6) is 0. The lowest BCUT2D eigenvalue weighted by molar-refractivity contribution is 0.583. The van der Waals surface area contributed by atoms with Gasteiger partial charge in [0.25, 0.3) is 0 Å². The van der Waals surface area contributed by atoms with E-state index < -0.39 is 0 Å². The van der Waals surface area contributed by atoms with E-state index in [2.05, 4.69) is 49.2 Å². The van der Waals surface area contributed by atoms with Gasteiger partial charge in [-0.15, -0.1) is 10.2 Å². The largest absolute Gasteiger partial charge is 0.358 e. The van der Waals surface area contributed by atoms with Gasteiger partial charge in [0.15, 0.2) is 0 Å². The Balaban J connectivity index is 1.42. The second kappa shape index (κ2) is 8.26. The van der Waals surface area contributed by atoms with Crippen LogP contribution in [0.4, 0.5) is 5.13 Å². The van der Waals surface area contributed by atoms with Gasteiger partial charge in [-0.05, 0) is 56.3 Å². The number of nitrogens with zero attached hydrogens (tertiary/aromatic N) is 3. The van der Waals surface area contributed by atoms with E-state index in [0.29, 0.717) is 0 Å². The van der Waals surface area contributed by atoms with Crippen molar-refractivity contribution in [3.8, 4) is 10.6 Å². The molecule has 2 heterocycles. The van der Waals surface area contributed by atoms with Crippen molar-refractivity contribution in [2.75, 3.05) is 18.9 Å². The highest BCUT2D eigenvalue weighted by atomic mass is 35.5. The summed E-state index contributed by atoms with van der Waals surface area (Å²) >= 11 is 7.52. The highest BCUT2D eigenvalue weighted by Crippen LogP contribution is 2.29. The second-order valence-electron chi connectivity index (χ2n) is 6.69. The van der Waals surface area contributed by atoms with Crippen molar-refractivity contribution >= 4 is 39.0 Å². The van der Waals surface area contributed by atoms with Gasteiger partial charge in [0.05, 0.1) is 5.52 Å². The maximum Gasteiger partial charge on any atom is 0.206 e. The van der Waals surface area contributed by atoms with Gasteiger partial charge in [-0.2, -0.15) is 5.10 Å². The molecule has 4 rings (SSSR count). The van der Waals surface area contributed by atoms with Crippen molar-refractivity contribution in [1.29, 1.82) is 0 Å². The first-order valence-electron chi connectivity index (χ1n) is 9.06. The van der Waals surface area contributed by atoms with E-state index in [0.717, 1.165) is 50.3 Å². The van der Waals surface area contributed by atoms with Crippen LogP contribution < -0.4 is 10.6 Å². The molecule has 6 nitrogen and oxygen atoms in total. The maximum atomic E-state index is 5.96. The Morgan fingerprint density at radius 2 is 1.96 bits per heavy atom. The number of anilines is 1. The fourth-order valence-electron chi connectivity index (χ4n) is 3.07. The van der Waals surface area contributed by atoms with Crippen LogP contribution in [-0.4, -0.2) is 40.0 Å². The summed E-state index contributed by atoms with van der Waals surface area (Å²) in [5, 5.41) is 26.2. The molecule has 1 unspecified atom stereocenters. The van der Waals surface area contributed by atoms with Crippen LogP contribution in [0.15, 0.2) is 42.5 Å². The standard InChI is InChI=1S/C20H21ClN6S/c1-12-17-10-14(5-8-18(17)25-24-12)19-26-27-20(28-19)23-11-16(22-2)9-13-3-6-15(21)7-4-13/h3-8,10,16,22H,9,11H2,1-2H3,(H,23,27)(H,24,25). The summed E-state index contributed by atoms with van der Waals surface area (Å²) < 4.78 is 0. The number of likely N-dealkylation sites (N-methyl/N-ethyl adjacent to an activating group) is 1. The van der Waals surface area contributed by atoms with Crippen molar-refractivity contribution in [3.63, 3.8) is 0 Å². The average Bonchev–Trinajstić information content (AvgIpc) is 3.33. The van der Waals surface area contributed by atoms with E-state index >= 15 is 0 Å². The van der Waals surface area contributed by atoms with Crippen LogP contribution in [0, 0.1) is 6.92 Å². The van der Waals surface area contributed by atoms with Crippen molar-refractivity contribution in [2.45, 2.75) is 19.4 Å². The third-order valence-electron chi connectivity index (χ3n) is 4.72. The van der Waals surface area contributed by atoms with E-state index in [1.54, 1.807) is 11.3 Å². The van der Waals surface area contributed by atoms with Crippen LogP contribution in [0.2, 0.25) is 5.02 Å². The molecule has 0 aliphatic carbocycles. The number of hydrogen-bond acceptors (Lipinski definition) is 6. The topological polar surface area (TPSA) is 78.5 Å². The lowest BCUT2D eigenvalue weighted by atomic mass is 10.1. The Kier molecular flexibility index (Phi) is 5.57. The van der Waals surface area contributed by atoms with Gasteiger partial charge < -0.3 is 10.6 Å². The molecule has 2 aromatic carbocycles. The molecule has 8 heteroatoms. The molecule has 0 radical (unpaired) electrons. The van der Waals surface area contributed by atoms with Gasteiger partial charge >= 0.3 is 0 Å². The minimum absolute atomic E-state index is 0.276. The SMILES string of the molecule is CNC(CNc1nnc(-c2ccc3n[nH]c(C)c3c2)s1)Cc1ccc(Cl)cc1. The summed E-state index contributed by atoms with van der Waals surface area (Å²) in [5.41, 5.74) is 4.31. The van der Waals surface area contributed by atoms with Crippen LogP contribution in [0.25, 0.3) is 21.5 Å². The minimum Gasteiger partial charge on any atom is -0.358 e. The molecule has 2 aromatic heterocycles. The van der Waals surface area contributed by atoms with E-state index in [1.807, 2.05) is 38.2 Å². The summed E-state index contributed by atoms with van der Waals surface area (Å²) in [6.07, 6.45) is 0.906. The first-order valence-corrected chi connectivity index (χ1v) is 10.3. The van der Waals surface area contributed by atoms with Gasteiger partial charge in [-0.3, -0.25) is 5.10 Å². The lowest BCUT2D eigenvalue weighted by Gasteiger charge is -2.16. The van der Waals surface area contributed by atoms with Gasteiger partial charge in [0.1, 0.15) is 5.01 Å². The lowest BCUT2D eigenvalue weighted by Crippen LogP contribution is -2.34. The molecule has 3 N–H and O–H groups in total. The Hall–Kier alpha value is -2.48. The molecule has 1 atom stereocenters. The van der Waals surface area contributed by atoms with E-state index in [9.17, 15) is 0 Å². The zero-order valence-electron chi connectivity index (χ0n) is 15.7. The van der Waals surface area contributed by atoms with Crippen LogP contribution in [-0.2, 0) is 6.42 Å². The quantitative estimate of drug-likeness (QED) is 0.422. The number of rotatable bonds is 7. The Bertz CT molecular complexity index is 1070. The van der Waals surface area contributed by atoms with E-state index in [4.69, 9.17) is 11.6 Å². The minimum atomic E-state index is 0.276. The van der Waals surface area contributed by atoms with Gasteiger partial charge in [0, 0.05) is 34.3 Å². The molecule has 144 valence electrons. The highest BCUT2D eigenvalue weighted by molar-refractivity contribution is 7.18. The molecule has 0 spiro atoms. The summed E-state index contributed by atoms with van der Waals surface area (Å²) in [6, 6.07) is 14.4. The molecular formula is C20H21ClN6S. The molecule has 0 bridgehead atoms. The van der Waals surface area contributed by atoms with Crippen molar-refractivity contribution in [2.24, 2.45) is 0 Å². The predicted octanol–water partition coefficient (Wildman–Crippen LogP) is 4.29. The zero-order valence-corrected chi connectivity index (χ0v) is 17.2. The Morgan fingerprint density at radius 3 is 2.75 bits per heavy atom.